The maximum absolute atomic E-state index is 13.2. The number of aromatic nitrogens is 4. The number of nitrogens with zero attached hydrogens (tertiary/aromatic N) is 6. The van der Waals surface area contributed by atoms with E-state index in [0.717, 1.165) is 31.9 Å². The number of likely N-dealkylation sites (tertiary alicyclic amines) is 2. The summed E-state index contributed by atoms with van der Waals surface area (Å²) in [4.78, 5) is 17.9. The molecular formula is C21H30N6O2. The predicted molar refractivity (Wildman–Crippen MR) is 106 cm³/mol. The molecule has 3 fully saturated rings. The first kappa shape index (κ1) is 18.8. The smallest absolute Gasteiger partial charge is 0.272 e. The number of hydrogen-bond donors (Lipinski definition) is 0. The Bertz CT molecular complexity index is 885. The molecule has 0 bridgehead atoms. The SMILES string of the molecule is CCn1nccc1C(=O)N1CC[C@]2(c3nnc(C)o3)CN(C3CCCC3)C[C@@H]2C1. The van der Waals surface area contributed by atoms with E-state index < -0.39 is 0 Å². The zero-order chi connectivity index (χ0) is 20.0. The van der Waals surface area contributed by atoms with Crippen LogP contribution in [0.2, 0.25) is 0 Å². The van der Waals surface area contributed by atoms with E-state index in [1.54, 1.807) is 10.9 Å². The van der Waals surface area contributed by atoms with Crippen molar-refractivity contribution < 1.29 is 9.21 Å². The van der Waals surface area contributed by atoms with Crippen LogP contribution in [0, 0.1) is 12.8 Å². The molecular weight excluding hydrogens is 368 g/mol. The molecule has 0 radical (unpaired) electrons. The van der Waals surface area contributed by atoms with Gasteiger partial charge >= 0.3 is 0 Å². The van der Waals surface area contributed by atoms with Gasteiger partial charge in [0.15, 0.2) is 0 Å². The first-order valence-electron chi connectivity index (χ1n) is 11.0. The van der Waals surface area contributed by atoms with Crippen molar-refractivity contribution in [2.45, 2.75) is 64.0 Å². The minimum atomic E-state index is -0.133. The molecule has 2 atom stereocenters. The van der Waals surface area contributed by atoms with E-state index in [9.17, 15) is 4.79 Å². The molecule has 1 amide bonds. The normalized spacial score (nSPS) is 28.2. The van der Waals surface area contributed by atoms with Crippen LogP contribution in [0.5, 0.6) is 0 Å². The lowest BCUT2D eigenvalue weighted by Gasteiger charge is -2.41. The average molecular weight is 399 g/mol. The second-order valence-electron chi connectivity index (χ2n) is 8.88. The van der Waals surface area contributed by atoms with E-state index in [1.165, 1.54) is 25.7 Å². The fourth-order valence-corrected chi connectivity index (χ4v) is 5.73. The van der Waals surface area contributed by atoms with Crippen molar-refractivity contribution >= 4 is 5.91 Å². The van der Waals surface area contributed by atoms with Crippen molar-refractivity contribution in [2.24, 2.45) is 5.92 Å². The third-order valence-electron chi connectivity index (χ3n) is 7.31. The molecule has 0 aromatic carbocycles. The number of rotatable bonds is 4. The zero-order valence-electron chi connectivity index (χ0n) is 17.4. The molecule has 8 heteroatoms. The summed E-state index contributed by atoms with van der Waals surface area (Å²) in [5.74, 6) is 1.79. The Hall–Kier alpha value is -2.22. The first-order valence-corrected chi connectivity index (χ1v) is 11.0. The summed E-state index contributed by atoms with van der Waals surface area (Å²) in [6.07, 6.45) is 7.79. The molecule has 8 nitrogen and oxygen atoms in total. The average Bonchev–Trinajstić information content (AvgIpc) is 3.52. The molecule has 2 saturated heterocycles. The van der Waals surface area contributed by atoms with Crippen molar-refractivity contribution in [1.82, 2.24) is 29.8 Å². The van der Waals surface area contributed by atoms with Crippen LogP contribution in [0.1, 0.15) is 61.3 Å². The fraction of sp³-hybridized carbons (Fsp3) is 0.714. The molecule has 2 aliphatic heterocycles. The van der Waals surface area contributed by atoms with Crippen molar-refractivity contribution in [3.05, 3.63) is 29.7 Å². The largest absolute Gasteiger partial charge is 0.425 e. The highest BCUT2D eigenvalue weighted by Crippen LogP contribution is 2.46. The molecule has 4 heterocycles. The number of fused-ring (bicyclic) bond motifs is 1. The molecule has 156 valence electrons. The lowest BCUT2D eigenvalue weighted by Crippen LogP contribution is -2.51. The number of hydrogen-bond acceptors (Lipinski definition) is 6. The fourth-order valence-electron chi connectivity index (χ4n) is 5.73. The lowest BCUT2D eigenvalue weighted by atomic mass is 9.72. The third-order valence-corrected chi connectivity index (χ3v) is 7.31. The highest BCUT2D eigenvalue weighted by Gasteiger charge is 2.55. The monoisotopic (exact) mass is 398 g/mol. The van der Waals surface area contributed by atoms with Gasteiger partial charge in [0.05, 0.1) is 5.41 Å². The number of carbonyl (C=O) groups excluding carboxylic acids is 1. The summed E-state index contributed by atoms with van der Waals surface area (Å²) in [5.41, 5.74) is 0.547. The van der Waals surface area contributed by atoms with Crippen LogP contribution >= 0.6 is 0 Å². The molecule has 1 aliphatic carbocycles. The van der Waals surface area contributed by atoms with Crippen LogP contribution < -0.4 is 0 Å². The van der Waals surface area contributed by atoms with E-state index in [1.807, 2.05) is 24.8 Å². The predicted octanol–water partition coefficient (Wildman–Crippen LogP) is 2.25. The van der Waals surface area contributed by atoms with E-state index >= 15 is 0 Å². The number of aryl methyl sites for hydroxylation is 2. The molecule has 3 aliphatic rings. The molecule has 29 heavy (non-hydrogen) atoms. The number of piperidine rings is 1. The van der Waals surface area contributed by atoms with Gasteiger partial charge in [-0.2, -0.15) is 5.10 Å². The van der Waals surface area contributed by atoms with Crippen LogP contribution in [0.4, 0.5) is 0 Å². The Morgan fingerprint density at radius 2 is 2.10 bits per heavy atom. The van der Waals surface area contributed by atoms with Crippen LogP contribution in [-0.4, -0.2) is 67.9 Å². The molecule has 2 aromatic heterocycles. The zero-order valence-corrected chi connectivity index (χ0v) is 17.4. The second kappa shape index (κ2) is 7.23. The van der Waals surface area contributed by atoms with Gasteiger partial charge < -0.3 is 9.32 Å². The van der Waals surface area contributed by atoms with Crippen LogP contribution in [0.3, 0.4) is 0 Å². The van der Waals surface area contributed by atoms with Crippen molar-refractivity contribution in [1.29, 1.82) is 0 Å². The van der Waals surface area contributed by atoms with Gasteiger partial charge in [0.1, 0.15) is 5.69 Å². The van der Waals surface area contributed by atoms with E-state index in [0.29, 0.717) is 36.6 Å². The minimum absolute atomic E-state index is 0.0824. The molecule has 2 aromatic rings. The maximum Gasteiger partial charge on any atom is 0.272 e. The second-order valence-corrected chi connectivity index (χ2v) is 8.88. The van der Waals surface area contributed by atoms with Gasteiger partial charge in [-0.3, -0.25) is 14.4 Å². The highest BCUT2D eigenvalue weighted by molar-refractivity contribution is 5.92. The van der Waals surface area contributed by atoms with Gasteiger partial charge in [0, 0.05) is 57.8 Å². The minimum Gasteiger partial charge on any atom is -0.425 e. The topological polar surface area (TPSA) is 80.3 Å². The summed E-state index contributed by atoms with van der Waals surface area (Å²) in [7, 11) is 0. The lowest BCUT2D eigenvalue weighted by molar-refractivity contribution is 0.0556. The molecule has 5 rings (SSSR count). The van der Waals surface area contributed by atoms with Crippen LogP contribution in [0.15, 0.2) is 16.7 Å². The summed E-state index contributed by atoms with van der Waals surface area (Å²) >= 11 is 0. The molecule has 0 N–H and O–H groups in total. The van der Waals surface area contributed by atoms with E-state index in [-0.39, 0.29) is 11.3 Å². The quantitative estimate of drug-likeness (QED) is 0.786. The summed E-state index contributed by atoms with van der Waals surface area (Å²) in [6, 6.07) is 2.49. The van der Waals surface area contributed by atoms with Crippen LogP contribution in [-0.2, 0) is 12.0 Å². The first-order chi connectivity index (χ1) is 14.1. The number of amides is 1. The van der Waals surface area contributed by atoms with Gasteiger partial charge in [-0.1, -0.05) is 12.8 Å². The van der Waals surface area contributed by atoms with Crippen molar-refractivity contribution in [3.8, 4) is 0 Å². The molecule has 0 unspecified atom stereocenters. The Kier molecular flexibility index (Phi) is 4.69. The van der Waals surface area contributed by atoms with Gasteiger partial charge in [-0.15, -0.1) is 10.2 Å². The molecule has 0 spiro atoms. The van der Waals surface area contributed by atoms with Crippen molar-refractivity contribution in [2.75, 3.05) is 26.2 Å². The van der Waals surface area contributed by atoms with Gasteiger partial charge in [-0.05, 0) is 32.3 Å². The van der Waals surface area contributed by atoms with Gasteiger partial charge in [0.25, 0.3) is 5.91 Å². The maximum atomic E-state index is 13.2. The van der Waals surface area contributed by atoms with Gasteiger partial charge in [0.2, 0.25) is 11.8 Å². The standard InChI is InChI=1S/C21H30N6O2/c1-3-27-18(8-10-22-27)19(28)25-11-9-21(20-24-23-15(2)29-20)14-26(13-16(21)12-25)17-6-4-5-7-17/h8,10,16-17H,3-7,9,11-14H2,1-2H3/t16-,21-/m0/s1. The Morgan fingerprint density at radius 3 is 2.83 bits per heavy atom. The Labute approximate surface area is 171 Å². The highest BCUT2D eigenvalue weighted by atomic mass is 16.4. The summed E-state index contributed by atoms with van der Waals surface area (Å²) in [6.45, 7) is 7.99. The van der Waals surface area contributed by atoms with Crippen LogP contribution in [0.25, 0.3) is 0 Å². The Balaban J connectivity index is 1.42. The summed E-state index contributed by atoms with van der Waals surface area (Å²) in [5, 5.41) is 12.9. The number of carbonyl (C=O) groups is 1. The van der Waals surface area contributed by atoms with E-state index in [4.69, 9.17) is 4.42 Å². The van der Waals surface area contributed by atoms with Gasteiger partial charge in [-0.25, -0.2) is 0 Å². The third kappa shape index (κ3) is 3.08. The van der Waals surface area contributed by atoms with Crippen molar-refractivity contribution in [3.63, 3.8) is 0 Å². The van der Waals surface area contributed by atoms with E-state index in [2.05, 4.69) is 20.2 Å². The molecule has 1 saturated carbocycles. The summed E-state index contributed by atoms with van der Waals surface area (Å²) < 4.78 is 7.76. The Morgan fingerprint density at radius 1 is 1.28 bits per heavy atom.